The minimum atomic E-state index is -0.472. The maximum absolute atomic E-state index is 12.4. The monoisotopic (exact) mass is 400 g/mol. The van der Waals surface area contributed by atoms with Gasteiger partial charge in [0.15, 0.2) is 11.5 Å². The van der Waals surface area contributed by atoms with Crippen LogP contribution >= 0.6 is 0 Å². The molecule has 0 saturated heterocycles. The molecule has 156 valence electrons. The second-order valence-corrected chi connectivity index (χ2v) is 7.17. The van der Waals surface area contributed by atoms with Crippen LogP contribution in [0.5, 0.6) is 17.2 Å². The van der Waals surface area contributed by atoms with E-state index in [0.29, 0.717) is 40.9 Å². The minimum absolute atomic E-state index is 0.0249. The molecule has 2 rings (SSSR count). The van der Waals surface area contributed by atoms with Gasteiger partial charge in [0, 0.05) is 11.1 Å². The molecule has 7 heteroatoms. The highest BCUT2D eigenvalue weighted by molar-refractivity contribution is 5.99. The van der Waals surface area contributed by atoms with Crippen molar-refractivity contribution in [2.24, 2.45) is 5.92 Å². The number of methoxy groups -OCH3 is 1. The summed E-state index contributed by atoms with van der Waals surface area (Å²) in [5.74, 6) is 1.04. The molecule has 0 saturated carbocycles. The Morgan fingerprint density at radius 2 is 1.55 bits per heavy atom. The van der Waals surface area contributed by atoms with Gasteiger partial charge in [0.05, 0.1) is 19.8 Å². The van der Waals surface area contributed by atoms with Gasteiger partial charge in [0.25, 0.3) is 11.8 Å². The van der Waals surface area contributed by atoms with Crippen LogP contribution in [0.1, 0.15) is 48.4 Å². The number of carbonyl (C=O) groups excluding carboxylic acids is 2. The molecule has 0 aliphatic carbocycles. The van der Waals surface area contributed by atoms with E-state index in [0.717, 1.165) is 0 Å². The molecule has 2 aromatic carbocycles. The molecule has 0 aliphatic heterocycles. The maximum atomic E-state index is 12.4. The van der Waals surface area contributed by atoms with Crippen LogP contribution in [0.2, 0.25) is 0 Å². The quantitative estimate of drug-likeness (QED) is 0.662. The SMILES string of the molecule is COc1cc(C(=O)NNC(=O)c2cccc(OCC(C)C)c2)ccc1OC(C)C. The first kappa shape index (κ1) is 22.1. The molecule has 0 radical (unpaired) electrons. The van der Waals surface area contributed by atoms with E-state index < -0.39 is 11.8 Å². The number of nitrogens with one attached hydrogen (secondary N) is 2. The molecule has 2 amide bonds. The van der Waals surface area contributed by atoms with Gasteiger partial charge >= 0.3 is 0 Å². The van der Waals surface area contributed by atoms with E-state index >= 15 is 0 Å². The Bertz CT molecular complexity index is 849. The Morgan fingerprint density at radius 1 is 0.897 bits per heavy atom. The number of benzene rings is 2. The number of hydrazine groups is 1. The topological polar surface area (TPSA) is 85.9 Å². The zero-order valence-corrected chi connectivity index (χ0v) is 17.4. The van der Waals surface area contributed by atoms with Gasteiger partial charge < -0.3 is 14.2 Å². The first-order valence-corrected chi connectivity index (χ1v) is 9.48. The van der Waals surface area contributed by atoms with Crippen LogP contribution in [0.3, 0.4) is 0 Å². The zero-order chi connectivity index (χ0) is 21.4. The molecule has 0 aliphatic rings. The van der Waals surface area contributed by atoms with Crippen LogP contribution in [-0.4, -0.2) is 31.6 Å². The maximum Gasteiger partial charge on any atom is 0.269 e. The van der Waals surface area contributed by atoms with E-state index in [4.69, 9.17) is 14.2 Å². The minimum Gasteiger partial charge on any atom is -0.493 e. The van der Waals surface area contributed by atoms with Crippen molar-refractivity contribution in [3.63, 3.8) is 0 Å². The number of ether oxygens (including phenoxy) is 3. The zero-order valence-electron chi connectivity index (χ0n) is 17.4. The highest BCUT2D eigenvalue weighted by atomic mass is 16.5. The van der Waals surface area contributed by atoms with E-state index in [1.165, 1.54) is 7.11 Å². The van der Waals surface area contributed by atoms with Gasteiger partial charge in [-0.05, 0) is 56.2 Å². The molecule has 0 spiro atoms. The van der Waals surface area contributed by atoms with Crippen LogP contribution in [0.4, 0.5) is 0 Å². The Hall–Kier alpha value is -3.22. The third-order valence-corrected chi connectivity index (χ3v) is 3.76. The lowest BCUT2D eigenvalue weighted by Gasteiger charge is -2.14. The second-order valence-electron chi connectivity index (χ2n) is 7.17. The molecule has 0 fully saturated rings. The van der Waals surface area contributed by atoms with E-state index in [2.05, 4.69) is 10.9 Å². The third kappa shape index (κ3) is 6.71. The fraction of sp³-hybridized carbons (Fsp3) is 0.364. The predicted octanol–water partition coefficient (Wildman–Crippen LogP) is 3.59. The van der Waals surface area contributed by atoms with Crippen LogP contribution in [0, 0.1) is 5.92 Å². The first-order chi connectivity index (χ1) is 13.8. The van der Waals surface area contributed by atoms with E-state index in [1.54, 1.807) is 42.5 Å². The standard InChI is InChI=1S/C22H28N2O5/c1-14(2)13-28-18-8-6-7-16(11-18)21(25)23-24-22(26)17-9-10-19(29-15(3)4)20(12-17)27-5/h6-12,14-15H,13H2,1-5H3,(H,23,25)(H,24,26). The average molecular weight is 400 g/mol. The lowest BCUT2D eigenvalue weighted by atomic mass is 10.2. The molecular weight excluding hydrogens is 372 g/mol. The third-order valence-electron chi connectivity index (χ3n) is 3.76. The first-order valence-electron chi connectivity index (χ1n) is 9.48. The van der Waals surface area contributed by atoms with Crippen molar-refractivity contribution in [1.29, 1.82) is 0 Å². The van der Waals surface area contributed by atoms with Crippen molar-refractivity contribution < 1.29 is 23.8 Å². The predicted molar refractivity (Wildman–Crippen MR) is 110 cm³/mol. The van der Waals surface area contributed by atoms with Crippen molar-refractivity contribution in [3.8, 4) is 17.2 Å². The summed E-state index contributed by atoms with van der Waals surface area (Å²) in [5, 5.41) is 0. The summed E-state index contributed by atoms with van der Waals surface area (Å²) in [7, 11) is 1.50. The average Bonchev–Trinajstić information content (AvgIpc) is 2.70. The number of carbonyl (C=O) groups is 2. The summed E-state index contributed by atoms with van der Waals surface area (Å²) in [6.45, 7) is 8.45. The van der Waals surface area contributed by atoms with Gasteiger partial charge in [-0.1, -0.05) is 19.9 Å². The number of hydrogen-bond acceptors (Lipinski definition) is 5. The summed E-state index contributed by atoms with van der Waals surface area (Å²) in [4.78, 5) is 24.7. The highest BCUT2D eigenvalue weighted by Gasteiger charge is 2.14. The van der Waals surface area contributed by atoms with E-state index in [9.17, 15) is 9.59 Å². The molecular formula is C22H28N2O5. The molecule has 29 heavy (non-hydrogen) atoms. The lowest BCUT2D eigenvalue weighted by molar-refractivity contribution is 0.0846. The number of rotatable bonds is 8. The van der Waals surface area contributed by atoms with Crippen LogP contribution in [-0.2, 0) is 0 Å². The molecule has 0 unspecified atom stereocenters. The Balaban J connectivity index is 2.00. The van der Waals surface area contributed by atoms with Gasteiger partial charge in [-0.15, -0.1) is 0 Å². The summed E-state index contributed by atoms with van der Waals surface area (Å²) in [5.41, 5.74) is 5.52. The van der Waals surface area contributed by atoms with Gasteiger partial charge in [-0.3, -0.25) is 20.4 Å². The largest absolute Gasteiger partial charge is 0.493 e. The molecule has 0 bridgehead atoms. The molecule has 2 N–H and O–H groups in total. The smallest absolute Gasteiger partial charge is 0.269 e. The highest BCUT2D eigenvalue weighted by Crippen LogP contribution is 2.28. The normalized spacial score (nSPS) is 10.6. The van der Waals surface area contributed by atoms with Gasteiger partial charge in [0.1, 0.15) is 5.75 Å². The lowest BCUT2D eigenvalue weighted by Crippen LogP contribution is -2.41. The summed E-state index contributed by atoms with van der Waals surface area (Å²) >= 11 is 0. The summed E-state index contributed by atoms with van der Waals surface area (Å²) in [6.07, 6.45) is -0.0249. The van der Waals surface area contributed by atoms with Crippen molar-refractivity contribution in [3.05, 3.63) is 53.6 Å². The Morgan fingerprint density at radius 3 is 2.14 bits per heavy atom. The Kier molecular flexibility index (Phi) is 7.88. The molecule has 7 nitrogen and oxygen atoms in total. The van der Waals surface area contributed by atoms with Crippen LogP contribution < -0.4 is 25.1 Å². The molecule has 0 heterocycles. The van der Waals surface area contributed by atoms with Gasteiger partial charge in [0.2, 0.25) is 0 Å². The number of hydrogen-bond donors (Lipinski definition) is 2. The number of amides is 2. The van der Waals surface area contributed by atoms with Crippen molar-refractivity contribution >= 4 is 11.8 Å². The van der Waals surface area contributed by atoms with Crippen LogP contribution in [0.15, 0.2) is 42.5 Å². The molecule has 2 aromatic rings. The fourth-order valence-electron chi connectivity index (χ4n) is 2.41. The summed E-state index contributed by atoms with van der Waals surface area (Å²) < 4.78 is 16.5. The molecule has 0 atom stereocenters. The van der Waals surface area contributed by atoms with Crippen molar-refractivity contribution in [1.82, 2.24) is 10.9 Å². The Labute approximate surface area is 171 Å². The second kappa shape index (κ2) is 10.4. The van der Waals surface area contributed by atoms with Crippen molar-refractivity contribution in [2.75, 3.05) is 13.7 Å². The summed E-state index contributed by atoms with van der Waals surface area (Å²) in [6, 6.07) is 11.6. The molecule has 0 aromatic heterocycles. The van der Waals surface area contributed by atoms with Gasteiger partial charge in [-0.25, -0.2) is 0 Å². The van der Waals surface area contributed by atoms with Crippen LogP contribution in [0.25, 0.3) is 0 Å². The van der Waals surface area contributed by atoms with E-state index in [1.807, 2.05) is 27.7 Å². The van der Waals surface area contributed by atoms with Gasteiger partial charge in [-0.2, -0.15) is 0 Å². The van der Waals surface area contributed by atoms with Crippen molar-refractivity contribution in [2.45, 2.75) is 33.8 Å². The van der Waals surface area contributed by atoms with E-state index in [-0.39, 0.29) is 6.10 Å². The fourth-order valence-corrected chi connectivity index (χ4v) is 2.41.